The summed E-state index contributed by atoms with van der Waals surface area (Å²) in [5.41, 5.74) is 2.47. The fourth-order valence-corrected chi connectivity index (χ4v) is 3.27. The summed E-state index contributed by atoms with van der Waals surface area (Å²) in [6, 6.07) is 10.1. The molecule has 0 spiro atoms. The highest BCUT2D eigenvalue weighted by atomic mass is 35.5. The monoisotopic (exact) mass is 364 g/mol. The lowest BCUT2D eigenvalue weighted by Gasteiger charge is -2.35. The predicted octanol–water partition coefficient (Wildman–Crippen LogP) is 3.88. The molecule has 1 aliphatic heterocycles. The summed E-state index contributed by atoms with van der Waals surface area (Å²) in [5.74, 6) is -2.48. The summed E-state index contributed by atoms with van der Waals surface area (Å²) >= 11 is 5.90. The van der Waals surface area contributed by atoms with Gasteiger partial charge < -0.3 is 4.90 Å². The van der Waals surface area contributed by atoms with Crippen molar-refractivity contribution < 1.29 is 13.6 Å². The first kappa shape index (κ1) is 17.8. The van der Waals surface area contributed by atoms with E-state index in [2.05, 4.69) is 30.0 Å². The molecular formula is C19H19ClF2N2O. The molecule has 3 rings (SSSR count). The van der Waals surface area contributed by atoms with Crippen molar-refractivity contribution in [3.63, 3.8) is 0 Å². The topological polar surface area (TPSA) is 23.6 Å². The van der Waals surface area contributed by atoms with Gasteiger partial charge in [0.2, 0.25) is 0 Å². The Kier molecular flexibility index (Phi) is 5.35. The number of piperazine rings is 1. The smallest absolute Gasteiger partial charge is 0.255 e. The third kappa shape index (κ3) is 4.17. The van der Waals surface area contributed by atoms with E-state index in [1.807, 2.05) is 6.07 Å². The lowest BCUT2D eigenvalue weighted by Crippen LogP contribution is -2.48. The van der Waals surface area contributed by atoms with Crippen LogP contribution in [0.15, 0.2) is 36.4 Å². The van der Waals surface area contributed by atoms with Crippen LogP contribution in [-0.4, -0.2) is 41.9 Å². The molecule has 2 aromatic carbocycles. The summed E-state index contributed by atoms with van der Waals surface area (Å²) < 4.78 is 26.6. The Morgan fingerprint density at radius 1 is 1.08 bits per heavy atom. The van der Waals surface area contributed by atoms with Crippen LogP contribution in [0.2, 0.25) is 5.02 Å². The van der Waals surface area contributed by atoms with Gasteiger partial charge in [0.1, 0.15) is 0 Å². The van der Waals surface area contributed by atoms with Crippen molar-refractivity contribution >= 4 is 17.5 Å². The van der Waals surface area contributed by atoms with E-state index in [1.165, 1.54) is 11.1 Å². The van der Waals surface area contributed by atoms with E-state index >= 15 is 0 Å². The molecule has 0 atom stereocenters. The Hall–Kier alpha value is -1.98. The molecular weight excluding hydrogens is 346 g/mol. The van der Waals surface area contributed by atoms with E-state index in [0.717, 1.165) is 31.8 Å². The Balaban J connectivity index is 1.62. The number of hydrogen-bond acceptors (Lipinski definition) is 2. The van der Waals surface area contributed by atoms with Crippen LogP contribution in [0.4, 0.5) is 8.78 Å². The summed E-state index contributed by atoms with van der Waals surface area (Å²) in [6.07, 6.45) is 0. The number of amides is 1. The van der Waals surface area contributed by atoms with Crippen molar-refractivity contribution in [2.45, 2.75) is 13.5 Å². The van der Waals surface area contributed by atoms with E-state index in [1.54, 1.807) is 4.90 Å². The standard InChI is InChI=1S/C19H19ClF2N2O/c1-13-3-2-4-14(9-13)12-23-5-7-24(8-6-23)19(25)15-10-17(21)18(22)11-16(15)20/h2-4,9-11H,5-8,12H2,1H3. The number of nitrogens with zero attached hydrogens (tertiary/aromatic N) is 2. The maximum Gasteiger partial charge on any atom is 0.255 e. The zero-order valence-electron chi connectivity index (χ0n) is 13.9. The second-order valence-corrected chi connectivity index (χ2v) is 6.71. The van der Waals surface area contributed by atoms with Crippen molar-refractivity contribution in [1.82, 2.24) is 9.80 Å². The first-order valence-corrected chi connectivity index (χ1v) is 8.53. The number of hydrogen-bond donors (Lipinski definition) is 0. The van der Waals surface area contributed by atoms with Crippen LogP contribution in [-0.2, 0) is 6.54 Å². The highest BCUT2D eigenvalue weighted by Gasteiger charge is 2.24. The van der Waals surface area contributed by atoms with Crippen molar-refractivity contribution in [2.24, 2.45) is 0 Å². The summed E-state index contributed by atoms with van der Waals surface area (Å²) in [5, 5.41) is -0.0638. The van der Waals surface area contributed by atoms with E-state index < -0.39 is 11.6 Å². The highest BCUT2D eigenvalue weighted by molar-refractivity contribution is 6.33. The van der Waals surface area contributed by atoms with Crippen molar-refractivity contribution in [3.8, 4) is 0 Å². The second-order valence-electron chi connectivity index (χ2n) is 6.30. The number of carbonyl (C=O) groups is 1. The molecule has 132 valence electrons. The molecule has 0 aliphatic carbocycles. The van der Waals surface area contributed by atoms with Gasteiger partial charge in [-0.2, -0.15) is 0 Å². The van der Waals surface area contributed by atoms with Crippen LogP contribution in [0.5, 0.6) is 0 Å². The largest absolute Gasteiger partial charge is 0.336 e. The van der Waals surface area contributed by atoms with E-state index in [4.69, 9.17) is 11.6 Å². The number of rotatable bonds is 3. The average Bonchev–Trinajstić information content (AvgIpc) is 2.58. The molecule has 0 radical (unpaired) electrons. The minimum Gasteiger partial charge on any atom is -0.336 e. The van der Waals surface area contributed by atoms with Gasteiger partial charge in [0.05, 0.1) is 10.6 Å². The molecule has 0 unspecified atom stereocenters. The average molecular weight is 365 g/mol. The third-order valence-corrected chi connectivity index (χ3v) is 4.70. The first-order valence-electron chi connectivity index (χ1n) is 8.16. The Labute approximate surface area is 150 Å². The van der Waals surface area contributed by atoms with Crippen LogP contribution in [0, 0.1) is 18.6 Å². The van der Waals surface area contributed by atoms with Gasteiger partial charge in [-0.1, -0.05) is 41.4 Å². The van der Waals surface area contributed by atoms with E-state index in [0.29, 0.717) is 13.1 Å². The number of aryl methyl sites for hydroxylation is 1. The van der Waals surface area contributed by atoms with Crippen molar-refractivity contribution in [2.75, 3.05) is 26.2 Å². The van der Waals surface area contributed by atoms with Gasteiger partial charge in [-0.15, -0.1) is 0 Å². The van der Waals surface area contributed by atoms with Crippen LogP contribution in [0.1, 0.15) is 21.5 Å². The lowest BCUT2D eigenvalue weighted by atomic mass is 10.1. The highest BCUT2D eigenvalue weighted by Crippen LogP contribution is 2.22. The quantitative estimate of drug-likeness (QED) is 0.771. The zero-order chi connectivity index (χ0) is 18.0. The van der Waals surface area contributed by atoms with Gasteiger partial charge in [0.15, 0.2) is 11.6 Å². The number of carbonyl (C=O) groups excluding carboxylic acids is 1. The van der Waals surface area contributed by atoms with Crippen molar-refractivity contribution in [3.05, 3.63) is 69.7 Å². The van der Waals surface area contributed by atoms with Crippen molar-refractivity contribution in [1.29, 1.82) is 0 Å². The SMILES string of the molecule is Cc1cccc(CN2CCN(C(=O)c3cc(F)c(F)cc3Cl)CC2)c1. The lowest BCUT2D eigenvalue weighted by molar-refractivity contribution is 0.0628. The minimum absolute atomic E-state index is 0.00713. The molecule has 6 heteroatoms. The Morgan fingerprint density at radius 2 is 1.76 bits per heavy atom. The van der Waals surface area contributed by atoms with Gasteiger partial charge in [-0.3, -0.25) is 9.69 Å². The normalized spacial score (nSPS) is 15.4. The molecule has 0 saturated carbocycles. The minimum atomic E-state index is -1.06. The molecule has 1 aliphatic rings. The van der Waals surface area contributed by atoms with Crippen LogP contribution < -0.4 is 0 Å². The van der Waals surface area contributed by atoms with Gasteiger partial charge in [-0.05, 0) is 24.6 Å². The number of benzene rings is 2. The molecule has 1 fully saturated rings. The molecule has 1 amide bonds. The first-order chi connectivity index (χ1) is 11.9. The maximum absolute atomic E-state index is 13.4. The molecule has 1 saturated heterocycles. The molecule has 0 bridgehead atoms. The fourth-order valence-electron chi connectivity index (χ4n) is 3.03. The molecule has 1 heterocycles. The van der Waals surface area contributed by atoms with E-state index in [-0.39, 0.29) is 16.5 Å². The molecule has 3 nitrogen and oxygen atoms in total. The van der Waals surface area contributed by atoms with Crippen LogP contribution in [0.25, 0.3) is 0 Å². The molecule has 0 aromatic heterocycles. The van der Waals surface area contributed by atoms with Gasteiger partial charge in [0, 0.05) is 32.7 Å². The Morgan fingerprint density at radius 3 is 2.44 bits per heavy atom. The molecule has 0 N–H and O–H groups in total. The second kappa shape index (κ2) is 7.50. The van der Waals surface area contributed by atoms with E-state index in [9.17, 15) is 13.6 Å². The van der Waals surface area contributed by atoms with Gasteiger partial charge in [-0.25, -0.2) is 8.78 Å². The summed E-state index contributed by atoms with van der Waals surface area (Å²) in [6.45, 7) is 5.39. The molecule has 2 aromatic rings. The number of halogens is 3. The summed E-state index contributed by atoms with van der Waals surface area (Å²) in [7, 11) is 0. The zero-order valence-corrected chi connectivity index (χ0v) is 14.7. The van der Waals surface area contributed by atoms with Gasteiger partial charge >= 0.3 is 0 Å². The predicted molar refractivity (Wildman–Crippen MR) is 93.7 cm³/mol. The maximum atomic E-state index is 13.4. The van der Waals surface area contributed by atoms with Crippen LogP contribution in [0.3, 0.4) is 0 Å². The summed E-state index contributed by atoms with van der Waals surface area (Å²) in [4.78, 5) is 16.4. The fraction of sp³-hybridized carbons (Fsp3) is 0.316. The molecule has 25 heavy (non-hydrogen) atoms. The third-order valence-electron chi connectivity index (χ3n) is 4.39. The van der Waals surface area contributed by atoms with Crippen LogP contribution >= 0.6 is 11.6 Å². The Bertz CT molecular complexity index is 789. The van der Waals surface area contributed by atoms with Gasteiger partial charge in [0.25, 0.3) is 5.91 Å².